The molecule has 2 aliphatic carbocycles. The monoisotopic (exact) mass is 347 g/mol. The number of hydrogen-bond acceptors (Lipinski definition) is 4. The third-order valence-corrected chi connectivity index (χ3v) is 5.55. The highest BCUT2D eigenvalue weighted by molar-refractivity contribution is 9.10. The largest absolute Gasteiger partial charge is 0.339 e. The van der Waals surface area contributed by atoms with Crippen LogP contribution in [0.25, 0.3) is 0 Å². The van der Waals surface area contributed by atoms with E-state index in [2.05, 4.69) is 38.2 Å². The van der Waals surface area contributed by atoms with Gasteiger partial charge in [0.25, 0.3) is 0 Å². The number of nitrogens with zero attached hydrogens (tertiary/aromatic N) is 2. The predicted octanol–water partition coefficient (Wildman–Crippen LogP) is 3.26. The standard InChI is InChI=1S/C16H18BrN3O/c17-12-5-1-9(2-6-12)7-13-19-16(21-20-13)14-10-3-4-11(8-10)15(14)18/h1-2,5-6,10-11,14-15H,3-4,7-8,18H2. The Morgan fingerprint density at radius 3 is 2.67 bits per heavy atom. The van der Waals surface area contributed by atoms with Crippen molar-refractivity contribution in [1.29, 1.82) is 0 Å². The van der Waals surface area contributed by atoms with E-state index in [9.17, 15) is 0 Å². The first-order chi connectivity index (χ1) is 10.2. The molecule has 0 amide bonds. The molecule has 2 aromatic rings. The van der Waals surface area contributed by atoms with Crippen LogP contribution in [0.5, 0.6) is 0 Å². The molecule has 4 rings (SSSR count). The number of benzene rings is 1. The van der Waals surface area contributed by atoms with Crippen molar-refractivity contribution in [2.75, 3.05) is 0 Å². The zero-order chi connectivity index (χ0) is 14.4. The Morgan fingerprint density at radius 1 is 1.19 bits per heavy atom. The maximum Gasteiger partial charge on any atom is 0.231 e. The SMILES string of the molecule is NC1C2CCC(C2)C1c1nc(Cc2ccc(Br)cc2)no1. The summed E-state index contributed by atoms with van der Waals surface area (Å²) in [6, 6.07) is 8.40. The second-order valence-corrected chi connectivity index (χ2v) is 7.20. The maximum absolute atomic E-state index is 6.34. The molecule has 2 bridgehead atoms. The average molecular weight is 348 g/mol. The van der Waals surface area contributed by atoms with Crippen LogP contribution in [0.15, 0.2) is 33.3 Å². The van der Waals surface area contributed by atoms with Gasteiger partial charge in [-0.05, 0) is 48.8 Å². The van der Waals surface area contributed by atoms with Crippen LogP contribution < -0.4 is 5.73 Å². The average Bonchev–Trinajstić information content (AvgIpc) is 3.17. The number of rotatable bonds is 3. The molecule has 0 saturated heterocycles. The van der Waals surface area contributed by atoms with E-state index in [1.54, 1.807) is 0 Å². The summed E-state index contributed by atoms with van der Waals surface area (Å²) >= 11 is 3.44. The van der Waals surface area contributed by atoms with E-state index < -0.39 is 0 Å². The Kier molecular flexibility index (Phi) is 3.34. The third kappa shape index (κ3) is 2.42. The first-order valence-corrected chi connectivity index (χ1v) is 8.32. The molecule has 1 heterocycles. The lowest BCUT2D eigenvalue weighted by Gasteiger charge is -2.24. The third-order valence-electron chi connectivity index (χ3n) is 5.03. The highest BCUT2D eigenvalue weighted by Gasteiger charge is 2.48. The summed E-state index contributed by atoms with van der Waals surface area (Å²) in [5, 5.41) is 4.14. The van der Waals surface area contributed by atoms with Crippen molar-refractivity contribution >= 4 is 15.9 Å². The molecule has 2 fully saturated rings. The van der Waals surface area contributed by atoms with Gasteiger partial charge in [-0.25, -0.2) is 0 Å². The van der Waals surface area contributed by atoms with E-state index in [0.717, 1.165) is 16.2 Å². The first-order valence-electron chi connectivity index (χ1n) is 7.53. The number of fused-ring (bicyclic) bond motifs is 2. The van der Waals surface area contributed by atoms with Gasteiger partial charge in [0.2, 0.25) is 5.89 Å². The molecule has 0 aliphatic heterocycles. The summed E-state index contributed by atoms with van der Waals surface area (Å²) in [5.74, 6) is 3.08. The fraction of sp³-hybridized carbons (Fsp3) is 0.500. The summed E-state index contributed by atoms with van der Waals surface area (Å²) in [6.45, 7) is 0. The molecular formula is C16H18BrN3O. The van der Waals surface area contributed by atoms with Gasteiger partial charge in [-0.1, -0.05) is 33.2 Å². The lowest BCUT2D eigenvalue weighted by atomic mass is 9.85. The smallest absolute Gasteiger partial charge is 0.231 e. The normalized spacial score (nSPS) is 31.0. The number of nitrogens with two attached hydrogens (primary N) is 1. The zero-order valence-electron chi connectivity index (χ0n) is 11.7. The highest BCUT2D eigenvalue weighted by atomic mass is 79.9. The predicted molar refractivity (Wildman–Crippen MR) is 82.8 cm³/mol. The van der Waals surface area contributed by atoms with Crippen molar-refractivity contribution in [1.82, 2.24) is 10.1 Å². The van der Waals surface area contributed by atoms with Crippen LogP contribution in [0, 0.1) is 11.8 Å². The summed E-state index contributed by atoms with van der Waals surface area (Å²) in [7, 11) is 0. The highest BCUT2D eigenvalue weighted by Crippen LogP contribution is 2.51. The van der Waals surface area contributed by atoms with Gasteiger partial charge in [0.15, 0.2) is 5.82 Å². The van der Waals surface area contributed by atoms with Gasteiger partial charge in [0.05, 0.1) is 5.92 Å². The number of aromatic nitrogens is 2. The Bertz CT molecular complexity index is 637. The van der Waals surface area contributed by atoms with Crippen LogP contribution in [0.4, 0.5) is 0 Å². The van der Waals surface area contributed by atoms with Crippen molar-refractivity contribution in [3.8, 4) is 0 Å². The van der Waals surface area contributed by atoms with Crippen molar-refractivity contribution in [3.05, 3.63) is 46.0 Å². The van der Waals surface area contributed by atoms with Crippen LogP contribution in [-0.2, 0) is 6.42 Å². The molecule has 4 atom stereocenters. The topological polar surface area (TPSA) is 64.9 Å². The second-order valence-electron chi connectivity index (χ2n) is 6.29. The Labute approximate surface area is 132 Å². The Morgan fingerprint density at radius 2 is 1.95 bits per heavy atom. The molecular weight excluding hydrogens is 330 g/mol. The van der Waals surface area contributed by atoms with Crippen molar-refractivity contribution in [2.45, 2.75) is 37.6 Å². The molecule has 4 nitrogen and oxygen atoms in total. The number of hydrogen-bond donors (Lipinski definition) is 1. The Balaban J connectivity index is 1.52. The van der Waals surface area contributed by atoms with Gasteiger partial charge < -0.3 is 10.3 Å². The molecule has 0 radical (unpaired) electrons. The molecule has 21 heavy (non-hydrogen) atoms. The fourth-order valence-electron chi connectivity index (χ4n) is 3.96. The molecule has 2 aliphatic rings. The molecule has 1 aromatic heterocycles. The van der Waals surface area contributed by atoms with E-state index >= 15 is 0 Å². The lowest BCUT2D eigenvalue weighted by Crippen LogP contribution is -2.34. The minimum atomic E-state index is 0.199. The van der Waals surface area contributed by atoms with Gasteiger partial charge in [-0.15, -0.1) is 0 Å². The molecule has 110 valence electrons. The summed E-state index contributed by atoms with van der Waals surface area (Å²) in [4.78, 5) is 4.61. The van der Waals surface area contributed by atoms with Crippen LogP contribution in [0.2, 0.25) is 0 Å². The first kappa shape index (κ1) is 13.5. The van der Waals surface area contributed by atoms with E-state index in [0.29, 0.717) is 18.3 Å². The van der Waals surface area contributed by atoms with Crippen LogP contribution in [0.1, 0.15) is 42.5 Å². The van der Waals surface area contributed by atoms with Crippen LogP contribution in [-0.4, -0.2) is 16.2 Å². The van der Waals surface area contributed by atoms with Gasteiger partial charge in [0, 0.05) is 16.9 Å². The summed E-state index contributed by atoms with van der Waals surface area (Å²) < 4.78 is 6.59. The lowest BCUT2D eigenvalue weighted by molar-refractivity contribution is 0.278. The summed E-state index contributed by atoms with van der Waals surface area (Å²) in [5.41, 5.74) is 7.52. The molecule has 1 aromatic carbocycles. The maximum atomic E-state index is 6.34. The van der Waals surface area contributed by atoms with E-state index in [1.165, 1.54) is 24.8 Å². The van der Waals surface area contributed by atoms with Crippen LogP contribution >= 0.6 is 15.9 Å². The summed E-state index contributed by atoms with van der Waals surface area (Å²) in [6.07, 6.45) is 4.46. The van der Waals surface area contributed by atoms with E-state index in [-0.39, 0.29) is 12.0 Å². The quantitative estimate of drug-likeness (QED) is 0.925. The van der Waals surface area contributed by atoms with Crippen LogP contribution in [0.3, 0.4) is 0 Å². The van der Waals surface area contributed by atoms with Gasteiger partial charge >= 0.3 is 0 Å². The van der Waals surface area contributed by atoms with Gasteiger partial charge in [-0.2, -0.15) is 4.98 Å². The van der Waals surface area contributed by atoms with Crippen molar-refractivity contribution in [2.24, 2.45) is 17.6 Å². The van der Waals surface area contributed by atoms with Gasteiger partial charge in [0.1, 0.15) is 0 Å². The minimum absolute atomic E-state index is 0.199. The minimum Gasteiger partial charge on any atom is -0.339 e. The Hall–Kier alpha value is -1.20. The van der Waals surface area contributed by atoms with Crippen molar-refractivity contribution in [3.63, 3.8) is 0 Å². The zero-order valence-corrected chi connectivity index (χ0v) is 13.3. The number of halogens is 1. The van der Waals surface area contributed by atoms with Crippen molar-refractivity contribution < 1.29 is 4.52 Å². The fourth-order valence-corrected chi connectivity index (χ4v) is 4.23. The molecule has 0 spiro atoms. The van der Waals surface area contributed by atoms with E-state index in [4.69, 9.17) is 10.3 Å². The molecule has 5 heteroatoms. The molecule has 2 N–H and O–H groups in total. The molecule has 4 unspecified atom stereocenters. The molecule has 2 saturated carbocycles. The van der Waals surface area contributed by atoms with Gasteiger partial charge in [-0.3, -0.25) is 0 Å². The second kappa shape index (κ2) is 5.21. The van der Waals surface area contributed by atoms with E-state index in [1.807, 2.05) is 12.1 Å².